The zero-order valence-electron chi connectivity index (χ0n) is 11.4. The van der Waals surface area contributed by atoms with Crippen molar-refractivity contribution >= 4 is 17.4 Å². The van der Waals surface area contributed by atoms with Gasteiger partial charge in [-0.05, 0) is 38.8 Å². The summed E-state index contributed by atoms with van der Waals surface area (Å²) in [6.07, 6.45) is 1.75. The SMILES string of the molecule is CC(=O)c1ccccc1N1CC(C(N)=O)CCC1C. The Morgan fingerprint density at radius 3 is 2.58 bits per heavy atom. The fraction of sp³-hybridized carbons (Fsp3) is 0.467. The van der Waals surface area contributed by atoms with E-state index in [2.05, 4.69) is 11.8 Å². The van der Waals surface area contributed by atoms with E-state index in [1.165, 1.54) is 0 Å². The van der Waals surface area contributed by atoms with Gasteiger partial charge in [-0.25, -0.2) is 0 Å². The molecule has 0 spiro atoms. The highest BCUT2D eigenvalue weighted by molar-refractivity contribution is 5.99. The van der Waals surface area contributed by atoms with Gasteiger partial charge in [0.1, 0.15) is 0 Å². The maximum atomic E-state index is 11.7. The quantitative estimate of drug-likeness (QED) is 0.845. The van der Waals surface area contributed by atoms with Crippen LogP contribution in [0.1, 0.15) is 37.0 Å². The number of hydrogen-bond donors (Lipinski definition) is 1. The molecule has 1 aromatic rings. The molecule has 0 radical (unpaired) electrons. The van der Waals surface area contributed by atoms with Crippen LogP contribution in [0, 0.1) is 5.92 Å². The summed E-state index contributed by atoms with van der Waals surface area (Å²) in [5.41, 5.74) is 7.04. The number of hydrogen-bond acceptors (Lipinski definition) is 3. The largest absolute Gasteiger partial charge is 0.369 e. The molecular weight excluding hydrogens is 240 g/mol. The zero-order chi connectivity index (χ0) is 14.0. The molecule has 4 nitrogen and oxygen atoms in total. The Bertz CT molecular complexity index is 499. The molecule has 4 heteroatoms. The highest BCUT2D eigenvalue weighted by atomic mass is 16.1. The normalized spacial score (nSPS) is 23.2. The molecule has 0 aliphatic carbocycles. The number of nitrogens with zero attached hydrogens (tertiary/aromatic N) is 1. The molecule has 102 valence electrons. The number of benzene rings is 1. The van der Waals surface area contributed by atoms with Crippen molar-refractivity contribution in [3.63, 3.8) is 0 Å². The lowest BCUT2D eigenvalue weighted by molar-refractivity contribution is -0.122. The number of primary amides is 1. The van der Waals surface area contributed by atoms with Crippen LogP contribution >= 0.6 is 0 Å². The van der Waals surface area contributed by atoms with Gasteiger partial charge in [-0.1, -0.05) is 12.1 Å². The second-order valence-electron chi connectivity index (χ2n) is 5.25. The lowest BCUT2D eigenvalue weighted by Gasteiger charge is -2.39. The smallest absolute Gasteiger partial charge is 0.222 e. The monoisotopic (exact) mass is 260 g/mol. The Hall–Kier alpha value is -1.84. The lowest BCUT2D eigenvalue weighted by Crippen LogP contribution is -2.46. The predicted molar refractivity (Wildman–Crippen MR) is 75.2 cm³/mol. The molecular formula is C15H20N2O2. The van der Waals surface area contributed by atoms with Crippen LogP contribution in [0.4, 0.5) is 5.69 Å². The number of carbonyl (C=O) groups excluding carboxylic acids is 2. The number of rotatable bonds is 3. The molecule has 2 atom stereocenters. The van der Waals surface area contributed by atoms with Crippen molar-refractivity contribution in [3.05, 3.63) is 29.8 Å². The van der Waals surface area contributed by atoms with Crippen molar-refractivity contribution in [2.24, 2.45) is 11.7 Å². The van der Waals surface area contributed by atoms with Gasteiger partial charge in [-0.15, -0.1) is 0 Å². The number of carbonyl (C=O) groups is 2. The minimum absolute atomic E-state index is 0.0454. The summed E-state index contributed by atoms with van der Waals surface area (Å²) in [5, 5.41) is 0. The molecule has 0 saturated carbocycles. The van der Waals surface area contributed by atoms with Crippen molar-refractivity contribution in [1.82, 2.24) is 0 Å². The van der Waals surface area contributed by atoms with E-state index in [1.807, 2.05) is 24.3 Å². The first-order valence-corrected chi connectivity index (χ1v) is 6.66. The van der Waals surface area contributed by atoms with Crippen LogP contribution in [0.3, 0.4) is 0 Å². The summed E-state index contributed by atoms with van der Waals surface area (Å²) in [6, 6.07) is 7.87. The maximum absolute atomic E-state index is 11.7. The van der Waals surface area contributed by atoms with E-state index in [1.54, 1.807) is 6.92 Å². The Morgan fingerprint density at radius 2 is 1.95 bits per heavy atom. The molecule has 2 unspecified atom stereocenters. The number of amides is 1. The van der Waals surface area contributed by atoms with Gasteiger partial charge in [0.05, 0.1) is 5.92 Å². The minimum Gasteiger partial charge on any atom is -0.369 e. The van der Waals surface area contributed by atoms with Crippen LogP contribution < -0.4 is 10.6 Å². The van der Waals surface area contributed by atoms with E-state index < -0.39 is 0 Å². The van der Waals surface area contributed by atoms with E-state index >= 15 is 0 Å². The third-order valence-corrected chi connectivity index (χ3v) is 3.88. The topological polar surface area (TPSA) is 63.4 Å². The standard InChI is InChI=1S/C15H20N2O2/c1-10-7-8-12(15(16)19)9-17(10)14-6-4-3-5-13(14)11(2)18/h3-6,10,12H,7-9H2,1-2H3,(H2,16,19). The molecule has 1 aliphatic rings. The Morgan fingerprint density at radius 1 is 1.26 bits per heavy atom. The Labute approximate surface area is 113 Å². The molecule has 1 saturated heterocycles. The van der Waals surface area contributed by atoms with Crippen LogP contribution in [0.2, 0.25) is 0 Å². The van der Waals surface area contributed by atoms with Crippen molar-refractivity contribution in [3.8, 4) is 0 Å². The average Bonchev–Trinajstić information content (AvgIpc) is 2.39. The van der Waals surface area contributed by atoms with Crippen LogP contribution in [-0.4, -0.2) is 24.3 Å². The number of para-hydroxylation sites is 1. The average molecular weight is 260 g/mol. The molecule has 1 amide bonds. The predicted octanol–water partition coefficient (Wildman–Crippen LogP) is 1.98. The summed E-state index contributed by atoms with van der Waals surface area (Å²) in [6.45, 7) is 4.29. The van der Waals surface area contributed by atoms with E-state index in [-0.39, 0.29) is 17.6 Å². The first kappa shape index (κ1) is 13.6. The fourth-order valence-corrected chi connectivity index (χ4v) is 2.70. The first-order chi connectivity index (χ1) is 9.00. The van der Waals surface area contributed by atoms with Gasteiger partial charge in [0.25, 0.3) is 0 Å². The molecule has 1 fully saturated rings. The molecule has 2 rings (SSSR count). The summed E-state index contributed by atoms with van der Waals surface area (Å²) >= 11 is 0. The van der Waals surface area contributed by atoms with E-state index in [0.29, 0.717) is 18.2 Å². The van der Waals surface area contributed by atoms with Gasteiger partial charge < -0.3 is 10.6 Å². The molecule has 0 aromatic heterocycles. The zero-order valence-corrected chi connectivity index (χ0v) is 11.4. The van der Waals surface area contributed by atoms with Crippen molar-refractivity contribution < 1.29 is 9.59 Å². The minimum atomic E-state index is -0.253. The highest BCUT2D eigenvalue weighted by Crippen LogP contribution is 2.30. The van der Waals surface area contributed by atoms with Crippen molar-refractivity contribution in [1.29, 1.82) is 0 Å². The Kier molecular flexibility index (Phi) is 3.88. The summed E-state index contributed by atoms with van der Waals surface area (Å²) in [7, 11) is 0. The van der Waals surface area contributed by atoms with Gasteiger partial charge in [0.2, 0.25) is 5.91 Å². The van der Waals surface area contributed by atoms with E-state index in [9.17, 15) is 9.59 Å². The number of ketones is 1. The lowest BCUT2D eigenvalue weighted by atomic mass is 9.91. The molecule has 1 heterocycles. The molecule has 1 aromatic carbocycles. The maximum Gasteiger partial charge on any atom is 0.222 e. The van der Waals surface area contributed by atoms with Gasteiger partial charge in [0, 0.05) is 23.8 Å². The van der Waals surface area contributed by atoms with Crippen LogP contribution in [0.15, 0.2) is 24.3 Å². The summed E-state index contributed by atoms with van der Waals surface area (Å²) in [4.78, 5) is 25.2. The third kappa shape index (κ3) is 2.78. The van der Waals surface area contributed by atoms with Crippen LogP contribution in [0.25, 0.3) is 0 Å². The first-order valence-electron chi connectivity index (χ1n) is 6.66. The van der Waals surface area contributed by atoms with Gasteiger partial charge in [0.15, 0.2) is 5.78 Å². The van der Waals surface area contributed by atoms with Gasteiger partial charge >= 0.3 is 0 Å². The summed E-state index contributed by atoms with van der Waals surface area (Å²) in [5.74, 6) is -0.336. The van der Waals surface area contributed by atoms with E-state index in [0.717, 1.165) is 18.5 Å². The molecule has 2 N–H and O–H groups in total. The molecule has 1 aliphatic heterocycles. The fourth-order valence-electron chi connectivity index (χ4n) is 2.70. The number of nitrogens with two attached hydrogens (primary N) is 1. The van der Waals surface area contributed by atoms with Crippen LogP contribution in [-0.2, 0) is 4.79 Å². The number of anilines is 1. The van der Waals surface area contributed by atoms with Crippen LogP contribution in [0.5, 0.6) is 0 Å². The van der Waals surface area contributed by atoms with Gasteiger partial charge in [-0.3, -0.25) is 9.59 Å². The Balaban J connectivity index is 2.33. The van der Waals surface area contributed by atoms with Crippen molar-refractivity contribution in [2.75, 3.05) is 11.4 Å². The second kappa shape index (κ2) is 5.43. The summed E-state index contributed by atoms with van der Waals surface area (Å²) < 4.78 is 0. The van der Waals surface area contributed by atoms with Crippen molar-refractivity contribution in [2.45, 2.75) is 32.7 Å². The van der Waals surface area contributed by atoms with Gasteiger partial charge in [-0.2, -0.15) is 0 Å². The second-order valence-corrected chi connectivity index (χ2v) is 5.25. The third-order valence-electron chi connectivity index (χ3n) is 3.88. The highest BCUT2D eigenvalue weighted by Gasteiger charge is 2.30. The van der Waals surface area contributed by atoms with E-state index in [4.69, 9.17) is 5.73 Å². The molecule has 0 bridgehead atoms. The number of Topliss-reactive ketones (excluding diaryl/α,β-unsaturated/α-hetero) is 1. The number of piperidine rings is 1. The molecule has 19 heavy (non-hydrogen) atoms.